The number of H-pyrrole nitrogens is 1. The van der Waals surface area contributed by atoms with Crippen LogP contribution in [0, 0.1) is 11.3 Å². The first-order chi connectivity index (χ1) is 10.1. The van der Waals surface area contributed by atoms with Gasteiger partial charge in [0.15, 0.2) is 5.78 Å². The number of nitriles is 1. The number of nitrogens with two attached hydrogens (primary N) is 1. The fourth-order valence-corrected chi connectivity index (χ4v) is 2.54. The molecule has 5 heteroatoms. The highest BCUT2D eigenvalue weighted by Crippen LogP contribution is 2.29. The average Bonchev–Trinajstić information content (AvgIpc) is 2.93. The van der Waals surface area contributed by atoms with Gasteiger partial charge in [0.2, 0.25) is 0 Å². The van der Waals surface area contributed by atoms with Gasteiger partial charge in [0, 0.05) is 28.2 Å². The standard InChI is InChI=1S/C16H10ClN3O/c17-15-10(4-2-5-12(15)19)16(21)11-8-20-13-6-1-3-9(7-18)14(11)13/h1-6,8,20H,19H2. The lowest BCUT2D eigenvalue weighted by molar-refractivity contribution is 0.104. The summed E-state index contributed by atoms with van der Waals surface area (Å²) in [6.07, 6.45) is 1.59. The van der Waals surface area contributed by atoms with Gasteiger partial charge in [-0.2, -0.15) is 5.26 Å². The molecule has 0 radical (unpaired) electrons. The summed E-state index contributed by atoms with van der Waals surface area (Å²) in [7, 11) is 0. The molecule has 3 aromatic rings. The third-order valence-electron chi connectivity index (χ3n) is 3.34. The molecule has 0 amide bonds. The highest BCUT2D eigenvalue weighted by atomic mass is 35.5. The number of nitrogens with one attached hydrogen (secondary N) is 1. The normalized spacial score (nSPS) is 10.5. The molecule has 0 saturated heterocycles. The summed E-state index contributed by atoms with van der Waals surface area (Å²) in [5.41, 5.74) is 8.00. The number of ketones is 1. The Balaban J connectivity index is 2.24. The molecule has 0 unspecified atom stereocenters. The van der Waals surface area contributed by atoms with Gasteiger partial charge in [-0.3, -0.25) is 4.79 Å². The second-order valence-corrected chi connectivity index (χ2v) is 4.96. The van der Waals surface area contributed by atoms with Crippen molar-refractivity contribution in [3.8, 4) is 6.07 Å². The Morgan fingerprint density at radius 2 is 1.95 bits per heavy atom. The van der Waals surface area contributed by atoms with Crippen molar-refractivity contribution in [2.75, 3.05) is 5.73 Å². The zero-order chi connectivity index (χ0) is 15.0. The van der Waals surface area contributed by atoms with Crippen molar-refractivity contribution in [2.45, 2.75) is 0 Å². The van der Waals surface area contributed by atoms with Gasteiger partial charge in [0.1, 0.15) is 0 Å². The Hall–Kier alpha value is -2.77. The fraction of sp³-hybridized carbons (Fsp3) is 0. The molecule has 4 nitrogen and oxygen atoms in total. The van der Waals surface area contributed by atoms with E-state index in [4.69, 9.17) is 17.3 Å². The molecule has 1 heterocycles. The summed E-state index contributed by atoms with van der Waals surface area (Å²) in [6, 6.07) is 12.3. The summed E-state index contributed by atoms with van der Waals surface area (Å²) in [5, 5.41) is 10.0. The number of carbonyl (C=O) groups excluding carboxylic acids is 1. The maximum Gasteiger partial charge on any atom is 0.196 e. The summed E-state index contributed by atoms with van der Waals surface area (Å²) in [4.78, 5) is 15.7. The number of carbonyl (C=O) groups is 1. The van der Waals surface area contributed by atoms with E-state index >= 15 is 0 Å². The molecule has 3 rings (SSSR count). The first-order valence-electron chi connectivity index (χ1n) is 6.22. The number of nitrogen functional groups attached to an aromatic ring is 1. The molecule has 0 aliphatic carbocycles. The minimum atomic E-state index is -0.263. The van der Waals surface area contributed by atoms with Crippen molar-refractivity contribution < 1.29 is 4.79 Å². The molecule has 0 spiro atoms. The van der Waals surface area contributed by atoms with Crippen molar-refractivity contribution in [2.24, 2.45) is 0 Å². The molecule has 2 aromatic carbocycles. The van der Waals surface area contributed by atoms with Gasteiger partial charge in [-0.1, -0.05) is 23.7 Å². The lowest BCUT2D eigenvalue weighted by atomic mass is 9.99. The first-order valence-corrected chi connectivity index (χ1v) is 6.60. The van der Waals surface area contributed by atoms with Gasteiger partial charge >= 0.3 is 0 Å². The number of hydrogen-bond donors (Lipinski definition) is 2. The SMILES string of the molecule is N#Cc1cccc2[nH]cc(C(=O)c3cccc(N)c3Cl)c12. The number of nitrogens with zero attached hydrogens (tertiary/aromatic N) is 1. The fourth-order valence-electron chi connectivity index (χ4n) is 2.33. The maximum atomic E-state index is 12.7. The van der Waals surface area contributed by atoms with E-state index in [0.29, 0.717) is 27.8 Å². The van der Waals surface area contributed by atoms with Crippen LogP contribution in [0.15, 0.2) is 42.6 Å². The van der Waals surface area contributed by atoms with Crippen molar-refractivity contribution in [3.05, 3.63) is 64.3 Å². The molecule has 1 aromatic heterocycles. The van der Waals surface area contributed by atoms with Gasteiger partial charge in [-0.05, 0) is 24.3 Å². The molecule has 0 bridgehead atoms. The van der Waals surface area contributed by atoms with Gasteiger partial charge in [0.25, 0.3) is 0 Å². The third-order valence-corrected chi connectivity index (χ3v) is 3.77. The van der Waals surface area contributed by atoms with Gasteiger partial charge in [0.05, 0.1) is 22.3 Å². The highest BCUT2D eigenvalue weighted by Gasteiger charge is 2.19. The van der Waals surface area contributed by atoms with Crippen LogP contribution in [-0.2, 0) is 0 Å². The summed E-state index contributed by atoms with van der Waals surface area (Å²) in [6.45, 7) is 0. The van der Waals surface area contributed by atoms with Crippen LogP contribution in [0.25, 0.3) is 10.9 Å². The Labute approximate surface area is 125 Å². The quantitative estimate of drug-likeness (QED) is 0.560. The lowest BCUT2D eigenvalue weighted by Gasteiger charge is -2.05. The number of anilines is 1. The second-order valence-electron chi connectivity index (χ2n) is 4.58. The summed E-state index contributed by atoms with van der Waals surface area (Å²) >= 11 is 6.11. The van der Waals surface area contributed by atoms with E-state index < -0.39 is 0 Å². The van der Waals surface area contributed by atoms with Gasteiger partial charge < -0.3 is 10.7 Å². The molecule has 102 valence electrons. The maximum absolute atomic E-state index is 12.7. The van der Waals surface area contributed by atoms with Crippen LogP contribution >= 0.6 is 11.6 Å². The molecule has 0 fully saturated rings. The molecule has 3 N–H and O–H groups in total. The van der Waals surface area contributed by atoms with Crippen molar-refractivity contribution >= 4 is 34.0 Å². The lowest BCUT2D eigenvalue weighted by Crippen LogP contribution is -2.03. The molecular weight excluding hydrogens is 286 g/mol. The van der Waals surface area contributed by atoms with Crippen LogP contribution in [0.2, 0.25) is 5.02 Å². The van der Waals surface area contributed by atoms with Gasteiger partial charge in [-0.25, -0.2) is 0 Å². The number of fused-ring (bicyclic) bond motifs is 1. The monoisotopic (exact) mass is 295 g/mol. The van der Waals surface area contributed by atoms with E-state index in [2.05, 4.69) is 11.1 Å². The van der Waals surface area contributed by atoms with Crippen molar-refractivity contribution in [1.82, 2.24) is 4.98 Å². The average molecular weight is 296 g/mol. The van der Waals surface area contributed by atoms with Crippen LogP contribution < -0.4 is 5.73 Å². The molecule has 0 aliphatic heterocycles. The zero-order valence-corrected chi connectivity index (χ0v) is 11.6. The smallest absolute Gasteiger partial charge is 0.196 e. The predicted molar refractivity (Wildman–Crippen MR) is 82.3 cm³/mol. The minimum Gasteiger partial charge on any atom is -0.398 e. The van der Waals surface area contributed by atoms with E-state index in [-0.39, 0.29) is 10.8 Å². The van der Waals surface area contributed by atoms with Crippen LogP contribution in [0.4, 0.5) is 5.69 Å². The number of benzene rings is 2. The molecule has 0 atom stereocenters. The molecule has 21 heavy (non-hydrogen) atoms. The van der Waals surface area contributed by atoms with E-state index in [1.54, 1.807) is 36.5 Å². The number of aromatic amines is 1. The Morgan fingerprint density at radius 3 is 2.71 bits per heavy atom. The van der Waals surface area contributed by atoms with Crippen LogP contribution in [-0.4, -0.2) is 10.8 Å². The van der Waals surface area contributed by atoms with Crippen LogP contribution in [0.3, 0.4) is 0 Å². The Bertz CT molecular complexity index is 906. The number of hydrogen-bond acceptors (Lipinski definition) is 3. The van der Waals surface area contributed by atoms with Crippen LogP contribution in [0.5, 0.6) is 0 Å². The minimum absolute atomic E-state index is 0.228. The Kier molecular flexibility index (Phi) is 3.13. The number of aromatic nitrogens is 1. The van der Waals surface area contributed by atoms with Gasteiger partial charge in [-0.15, -0.1) is 0 Å². The zero-order valence-electron chi connectivity index (χ0n) is 10.9. The van der Waals surface area contributed by atoms with Crippen LogP contribution in [0.1, 0.15) is 21.5 Å². The van der Waals surface area contributed by atoms with Crippen molar-refractivity contribution in [3.63, 3.8) is 0 Å². The van der Waals surface area contributed by atoms with Crippen molar-refractivity contribution in [1.29, 1.82) is 5.26 Å². The van der Waals surface area contributed by atoms with E-state index in [1.807, 2.05) is 6.07 Å². The molecule has 0 saturated carbocycles. The summed E-state index contributed by atoms with van der Waals surface area (Å²) in [5.74, 6) is -0.263. The predicted octanol–water partition coefficient (Wildman–Crippen LogP) is 3.51. The number of rotatable bonds is 2. The van der Waals surface area contributed by atoms with E-state index in [1.165, 1.54) is 0 Å². The third kappa shape index (κ3) is 2.04. The van der Waals surface area contributed by atoms with E-state index in [0.717, 1.165) is 5.52 Å². The first kappa shape index (κ1) is 13.2. The molecular formula is C16H10ClN3O. The second kappa shape index (κ2) is 4.97. The topological polar surface area (TPSA) is 82.7 Å². The molecule has 0 aliphatic rings. The summed E-state index contributed by atoms with van der Waals surface area (Å²) < 4.78 is 0. The highest BCUT2D eigenvalue weighted by molar-refractivity contribution is 6.37. The largest absolute Gasteiger partial charge is 0.398 e. The Morgan fingerprint density at radius 1 is 1.19 bits per heavy atom. The van der Waals surface area contributed by atoms with E-state index in [9.17, 15) is 10.1 Å². The number of halogens is 1.